The molecular weight excluding hydrogens is 266 g/mol. The van der Waals surface area contributed by atoms with Crippen molar-refractivity contribution >= 4 is 15.5 Å². The standard InChI is InChI=1S/C12H15N3O3S/c16-10-3-4-15-12(7-10)13-11(14-15)6-9-2-1-5-19(17,18)8-9/h3-4,7,9H,1-2,5-6,8H2,(H,13,14). The zero-order chi connectivity index (χ0) is 13.5. The van der Waals surface area contributed by atoms with Gasteiger partial charge in [0.1, 0.15) is 5.82 Å². The van der Waals surface area contributed by atoms with E-state index in [0.29, 0.717) is 17.8 Å². The topological polar surface area (TPSA) is 84.3 Å². The SMILES string of the molecule is O=c1ccn2[nH]c(CC3CCCS(=O)(=O)C3)nc2c1. The Labute approximate surface area is 110 Å². The number of fused-ring (bicyclic) bond motifs is 1. The van der Waals surface area contributed by atoms with E-state index in [2.05, 4.69) is 10.1 Å². The minimum atomic E-state index is -2.89. The van der Waals surface area contributed by atoms with Crippen LogP contribution in [-0.2, 0) is 16.3 Å². The molecule has 0 radical (unpaired) electrons. The van der Waals surface area contributed by atoms with Crippen molar-refractivity contribution in [2.45, 2.75) is 19.3 Å². The molecule has 6 nitrogen and oxygen atoms in total. The van der Waals surface area contributed by atoms with E-state index in [1.165, 1.54) is 12.1 Å². The fraction of sp³-hybridized carbons (Fsp3) is 0.500. The first-order valence-electron chi connectivity index (χ1n) is 6.30. The van der Waals surface area contributed by atoms with Gasteiger partial charge in [0.15, 0.2) is 20.9 Å². The third kappa shape index (κ3) is 2.70. The monoisotopic (exact) mass is 281 g/mol. The summed E-state index contributed by atoms with van der Waals surface area (Å²) in [5.41, 5.74) is 0.486. The van der Waals surface area contributed by atoms with E-state index in [1.807, 2.05) is 0 Å². The maximum Gasteiger partial charge on any atom is 0.183 e. The van der Waals surface area contributed by atoms with Gasteiger partial charge < -0.3 is 0 Å². The number of aromatic nitrogens is 3. The van der Waals surface area contributed by atoms with Crippen LogP contribution in [0, 0.1) is 5.92 Å². The summed E-state index contributed by atoms with van der Waals surface area (Å²) in [7, 11) is -2.89. The highest BCUT2D eigenvalue weighted by Gasteiger charge is 2.25. The van der Waals surface area contributed by atoms with Crippen molar-refractivity contribution in [1.82, 2.24) is 14.6 Å². The van der Waals surface area contributed by atoms with Gasteiger partial charge in [0.25, 0.3) is 0 Å². The lowest BCUT2D eigenvalue weighted by Crippen LogP contribution is -2.26. The summed E-state index contributed by atoms with van der Waals surface area (Å²) < 4.78 is 24.9. The molecule has 3 heterocycles. The zero-order valence-electron chi connectivity index (χ0n) is 10.4. The van der Waals surface area contributed by atoms with Gasteiger partial charge in [0, 0.05) is 24.8 Å². The molecule has 0 spiro atoms. The van der Waals surface area contributed by atoms with Crippen LogP contribution >= 0.6 is 0 Å². The number of nitrogens with one attached hydrogen (secondary N) is 1. The van der Waals surface area contributed by atoms with E-state index in [-0.39, 0.29) is 17.1 Å². The van der Waals surface area contributed by atoms with E-state index < -0.39 is 9.84 Å². The third-order valence-electron chi connectivity index (χ3n) is 3.44. The first-order chi connectivity index (χ1) is 9.02. The highest BCUT2D eigenvalue weighted by molar-refractivity contribution is 7.91. The molecule has 0 aliphatic carbocycles. The number of hydrogen-bond acceptors (Lipinski definition) is 4. The van der Waals surface area contributed by atoms with Crippen molar-refractivity contribution < 1.29 is 8.42 Å². The maximum atomic E-state index is 11.6. The van der Waals surface area contributed by atoms with Crippen molar-refractivity contribution in [3.63, 3.8) is 0 Å². The Bertz CT molecular complexity index is 760. The smallest absolute Gasteiger partial charge is 0.183 e. The van der Waals surface area contributed by atoms with Gasteiger partial charge in [-0.05, 0) is 18.8 Å². The molecule has 0 bridgehead atoms. The van der Waals surface area contributed by atoms with Crippen LogP contribution < -0.4 is 5.43 Å². The first-order valence-corrected chi connectivity index (χ1v) is 8.12. The van der Waals surface area contributed by atoms with Crippen LogP contribution in [0.3, 0.4) is 0 Å². The van der Waals surface area contributed by atoms with E-state index >= 15 is 0 Å². The van der Waals surface area contributed by atoms with Gasteiger partial charge in [0.05, 0.1) is 11.5 Å². The molecule has 1 aliphatic rings. The molecule has 102 valence electrons. The normalized spacial score (nSPS) is 22.6. The molecule has 19 heavy (non-hydrogen) atoms. The number of H-pyrrole nitrogens is 1. The molecule has 1 aliphatic heterocycles. The van der Waals surface area contributed by atoms with Crippen molar-refractivity contribution in [1.29, 1.82) is 0 Å². The van der Waals surface area contributed by atoms with E-state index in [4.69, 9.17) is 0 Å². The second-order valence-electron chi connectivity index (χ2n) is 5.09. The first kappa shape index (κ1) is 12.4. The molecule has 2 aromatic heterocycles. The van der Waals surface area contributed by atoms with Gasteiger partial charge in [-0.3, -0.25) is 9.89 Å². The van der Waals surface area contributed by atoms with E-state index in [9.17, 15) is 13.2 Å². The third-order valence-corrected chi connectivity index (χ3v) is 5.33. The Morgan fingerprint density at radius 3 is 3.11 bits per heavy atom. The molecule has 0 aromatic carbocycles. The van der Waals surface area contributed by atoms with Crippen molar-refractivity contribution in [2.75, 3.05) is 11.5 Å². The average molecular weight is 281 g/mol. The van der Waals surface area contributed by atoms with Gasteiger partial charge in [-0.15, -0.1) is 0 Å². The van der Waals surface area contributed by atoms with Crippen LogP contribution in [-0.4, -0.2) is 34.5 Å². The van der Waals surface area contributed by atoms with Crippen LogP contribution in [0.25, 0.3) is 5.65 Å². The van der Waals surface area contributed by atoms with Gasteiger partial charge in [-0.25, -0.2) is 17.9 Å². The molecule has 0 amide bonds. The second-order valence-corrected chi connectivity index (χ2v) is 7.32. The lowest BCUT2D eigenvalue weighted by molar-refractivity contribution is 0.475. The maximum absolute atomic E-state index is 11.6. The van der Waals surface area contributed by atoms with Crippen LogP contribution in [0.4, 0.5) is 0 Å². The van der Waals surface area contributed by atoms with Gasteiger partial charge >= 0.3 is 0 Å². The second kappa shape index (κ2) is 4.48. The minimum absolute atomic E-state index is 0.0849. The van der Waals surface area contributed by atoms with Crippen LogP contribution in [0.2, 0.25) is 0 Å². The number of nitrogens with zero attached hydrogens (tertiary/aromatic N) is 2. The zero-order valence-corrected chi connectivity index (χ0v) is 11.2. The lowest BCUT2D eigenvalue weighted by atomic mass is 10.0. The summed E-state index contributed by atoms with van der Waals surface area (Å²) in [6, 6.07) is 2.91. The Hall–Kier alpha value is -1.63. The van der Waals surface area contributed by atoms with Gasteiger partial charge in [-0.1, -0.05) is 0 Å². The predicted molar refractivity (Wildman–Crippen MR) is 70.9 cm³/mol. The Kier molecular flexibility index (Phi) is 2.93. The van der Waals surface area contributed by atoms with Crippen LogP contribution in [0.5, 0.6) is 0 Å². The lowest BCUT2D eigenvalue weighted by Gasteiger charge is -2.20. The van der Waals surface area contributed by atoms with Crippen molar-refractivity contribution in [3.8, 4) is 0 Å². The Morgan fingerprint density at radius 2 is 2.32 bits per heavy atom. The molecule has 3 rings (SSSR count). The fourth-order valence-corrected chi connectivity index (χ4v) is 4.37. The molecule has 7 heteroatoms. The molecule has 1 N–H and O–H groups in total. The average Bonchev–Trinajstić information content (AvgIpc) is 2.68. The Balaban J connectivity index is 1.83. The molecule has 2 aromatic rings. The Morgan fingerprint density at radius 1 is 1.47 bits per heavy atom. The summed E-state index contributed by atoms with van der Waals surface area (Å²) in [6.07, 6.45) is 3.87. The molecule has 1 atom stereocenters. The molecule has 0 saturated carbocycles. The van der Waals surface area contributed by atoms with Gasteiger partial charge in [-0.2, -0.15) is 0 Å². The molecule has 1 fully saturated rings. The fourth-order valence-electron chi connectivity index (χ4n) is 2.60. The van der Waals surface area contributed by atoms with E-state index in [1.54, 1.807) is 10.7 Å². The summed E-state index contributed by atoms with van der Waals surface area (Å²) in [5.74, 6) is 1.39. The highest BCUT2D eigenvalue weighted by atomic mass is 32.2. The summed E-state index contributed by atoms with van der Waals surface area (Å²) in [6.45, 7) is 0. The number of sulfone groups is 1. The van der Waals surface area contributed by atoms with Crippen LogP contribution in [0.15, 0.2) is 23.1 Å². The van der Waals surface area contributed by atoms with Crippen molar-refractivity contribution in [3.05, 3.63) is 34.4 Å². The number of rotatable bonds is 2. The minimum Gasteiger partial charge on any atom is -0.290 e. The van der Waals surface area contributed by atoms with E-state index in [0.717, 1.165) is 18.7 Å². The number of aromatic amines is 1. The van der Waals surface area contributed by atoms with Crippen LogP contribution in [0.1, 0.15) is 18.7 Å². The van der Waals surface area contributed by atoms with Crippen molar-refractivity contribution in [2.24, 2.45) is 5.92 Å². The summed E-state index contributed by atoms with van der Waals surface area (Å²) in [4.78, 5) is 15.5. The summed E-state index contributed by atoms with van der Waals surface area (Å²) >= 11 is 0. The molecular formula is C12H15N3O3S. The largest absolute Gasteiger partial charge is 0.290 e. The highest BCUT2D eigenvalue weighted by Crippen LogP contribution is 2.21. The molecule has 1 unspecified atom stereocenters. The van der Waals surface area contributed by atoms with Gasteiger partial charge in [0.2, 0.25) is 0 Å². The number of hydrogen-bond donors (Lipinski definition) is 1. The predicted octanol–water partition coefficient (Wildman–Crippen LogP) is 0.390. The number of pyridine rings is 1. The molecule has 1 saturated heterocycles. The quantitative estimate of drug-likeness (QED) is 0.863. The summed E-state index contributed by atoms with van der Waals surface area (Å²) in [5, 5.41) is 3.07.